The number of hydrogen-bond donors (Lipinski definition) is 2. The highest BCUT2D eigenvalue weighted by molar-refractivity contribution is 5.91. The van der Waals surface area contributed by atoms with Crippen molar-refractivity contribution in [2.45, 2.75) is 25.3 Å². The topological polar surface area (TPSA) is 67.2 Å². The average Bonchev–Trinajstić information content (AvgIpc) is 3.34. The lowest BCUT2D eigenvalue weighted by Crippen LogP contribution is -2.28. The molecule has 3 aromatic rings. The molecule has 2 N–H and O–H groups in total. The molecule has 1 aliphatic carbocycles. The van der Waals surface area contributed by atoms with Crippen molar-refractivity contribution in [1.82, 2.24) is 10.3 Å². The summed E-state index contributed by atoms with van der Waals surface area (Å²) in [5.41, 5.74) is 2.50. The van der Waals surface area contributed by atoms with E-state index in [1.807, 2.05) is 0 Å². The molecule has 4 rings (SSSR count). The van der Waals surface area contributed by atoms with Gasteiger partial charge in [0.15, 0.2) is 11.5 Å². The number of rotatable bonds is 4. The fraction of sp³-hybridized carbons (Fsp3) is 0.222. The van der Waals surface area contributed by atoms with Crippen LogP contribution in [-0.2, 0) is 6.54 Å². The number of aromatic nitrogens is 1. The number of carbonyl (C=O) groups excluding carboxylic acids is 1. The molecule has 0 unspecified atom stereocenters. The van der Waals surface area contributed by atoms with Crippen molar-refractivity contribution in [3.63, 3.8) is 0 Å². The molecule has 0 bridgehead atoms. The van der Waals surface area contributed by atoms with Gasteiger partial charge >= 0.3 is 6.03 Å². The fourth-order valence-electron chi connectivity index (χ4n) is 2.52. The van der Waals surface area contributed by atoms with Gasteiger partial charge in [-0.3, -0.25) is 0 Å². The molecule has 1 aliphatic rings. The number of oxazole rings is 1. The predicted octanol–water partition coefficient (Wildman–Crippen LogP) is 4.17. The molecule has 2 aromatic carbocycles. The molecule has 24 heavy (non-hydrogen) atoms. The van der Waals surface area contributed by atoms with Crippen molar-refractivity contribution in [1.29, 1.82) is 0 Å². The molecule has 0 saturated heterocycles. The number of hydrogen-bond acceptors (Lipinski definition) is 3. The van der Waals surface area contributed by atoms with E-state index in [9.17, 15) is 9.18 Å². The highest BCUT2D eigenvalue weighted by Crippen LogP contribution is 2.40. The van der Waals surface area contributed by atoms with Crippen molar-refractivity contribution < 1.29 is 13.6 Å². The lowest BCUT2D eigenvalue weighted by atomic mass is 10.2. The minimum atomic E-state index is -0.400. The Kier molecular flexibility index (Phi) is 3.65. The van der Waals surface area contributed by atoms with E-state index in [2.05, 4.69) is 15.6 Å². The van der Waals surface area contributed by atoms with E-state index in [4.69, 9.17) is 4.42 Å². The van der Waals surface area contributed by atoms with Gasteiger partial charge in [0.05, 0.1) is 0 Å². The van der Waals surface area contributed by atoms with E-state index in [0.717, 1.165) is 24.2 Å². The van der Waals surface area contributed by atoms with Crippen molar-refractivity contribution >= 4 is 22.8 Å². The molecular weight excluding hydrogens is 309 g/mol. The molecule has 122 valence electrons. The fourth-order valence-corrected chi connectivity index (χ4v) is 2.52. The van der Waals surface area contributed by atoms with E-state index in [0.29, 0.717) is 22.8 Å². The Balaban J connectivity index is 1.41. The van der Waals surface area contributed by atoms with Crippen LogP contribution in [0.15, 0.2) is 46.9 Å². The van der Waals surface area contributed by atoms with Crippen molar-refractivity contribution in [3.05, 3.63) is 59.7 Å². The first-order valence-electron chi connectivity index (χ1n) is 7.88. The molecule has 1 heterocycles. The first-order valence-corrected chi connectivity index (χ1v) is 7.88. The Morgan fingerprint density at radius 2 is 2.08 bits per heavy atom. The zero-order valence-corrected chi connectivity index (χ0v) is 12.9. The van der Waals surface area contributed by atoms with Gasteiger partial charge in [0, 0.05) is 23.7 Å². The summed E-state index contributed by atoms with van der Waals surface area (Å²) < 4.78 is 19.2. The Morgan fingerprint density at radius 1 is 1.25 bits per heavy atom. The Hall–Kier alpha value is -2.89. The second-order valence-corrected chi connectivity index (χ2v) is 5.91. The van der Waals surface area contributed by atoms with E-state index in [-0.39, 0.29) is 12.4 Å². The minimum absolute atomic E-state index is 0.122. The summed E-state index contributed by atoms with van der Waals surface area (Å²) in [6, 6.07) is 11.3. The van der Waals surface area contributed by atoms with E-state index >= 15 is 0 Å². The van der Waals surface area contributed by atoms with Crippen LogP contribution >= 0.6 is 0 Å². The Bertz CT molecular complexity index is 902. The Labute approximate surface area is 137 Å². The third-order valence-corrected chi connectivity index (χ3v) is 3.99. The van der Waals surface area contributed by atoms with Crippen LogP contribution in [0.3, 0.4) is 0 Å². The molecule has 1 fully saturated rings. The number of benzene rings is 2. The summed E-state index contributed by atoms with van der Waals surface area (Å²) in [4.78, 5) is 16.4. The van der Waals surface area contributed by atoms with Crippen molar-refractivity contribution in [2.24, 2.45) is 0 Å². The van der Waals surface area contributed by atoms with Gasteiger partial charge in [-0.15, -0.1) is 0 Å². The quantitative estimate of drug-likeness (QED) is 0.756. The van der Waals surface area contributed by atoms with Crippen LogP contribution in [0.25, 0.3) is 11.1 Å². The number of nitrogens with one attached hydrogen (secondary N) is 2. The van der Waals surface area contributed by atoms with Crippen molar-refractivity contribution in [2.75, 3.05) is 5.32 Å². The average molecular weight is 325 g/mol. The maximum absolute atomic E-state index is 13.5. The number of urea groups is 1. The number of halogens is 1. The summed E-state index contributed by atoms with van der Waals surface area (Å²) in [6.45, 7) is 0.122. The van der Waals surface area contributed by atoms with Gasteiger partial charge in [0.2, 0.25) is 0 Å². The lowest BCUT2D eigenvalue weighted by molar-refractivity contribution is 0.251. The molecule has 0 radical (unpaired) electrons. The number of nitrogens with zero attached hydrogens (tertiary/aromatic N) is 1. The van der Waals surface area contributed by atoms with Gasteiger partial charge in [-0.25, -0.2) is 14.2 Å². The minimum Gasteiger partial charge on any atom is -0.440 e. The van der Waals surface area contributed by atoms with Gasteiger partial charge in [-0.05, 0) is 37.1 Å². The third kappa shape index (κ3) is 3.08. The van der Waals surface area contributed by atoms with E-state index in [1.54, 1.807) is 36.4 Å². The number of fused-ring (bicyclic) bond motifs is 1. The molecule has 2 amide bonds. The maximum Gasteiger partial charge on any atom is 0.319 e. The molecule has 6 heteroatoms. The van der Waals surface area contributed by atoms with Gasteiger partial charge in [0.25, 0.3) is 0 Å². The molecule has 5 nitrogen and oxygen atoms in total. The molecule has 1 aromatic heterocycles. The van der Waals surface area contributed by atoms with Crippen molar-refractivity contribution in [3.8, 4) is 0 Å². The summed E-state index contributed by atoms with van der Waals surface area (Å²) in [6.07, 6.45) is 2.24. The van der Waals surface area contributed by atoms with E-state index < -0.39 is 6.03 Å². The molecule has 0 aliphatic heterocycles. The van der Waals surface area contributed by atoms with Crippen LogP contribution in [0.5, 0.6) is 0 Å². The van der Waals surface area contributed by atoms with Gasteiger partial charge < -0.3 is 15.1 Å². The largest absolute Gasteiger partial charge is 0.440 e. The van der Waals surface area contributed by atoms with Gasteiger partial charge in [-0.1, -0.05) is 18.2 Å². The van der Waals surface area contributed by atoms with Crippen LogP contribution < -0.4 is 10.6 Å². The number of amides is 2. The standard InChI is InChI=1S/C18H16FN3O2/c19-14-4-2-1-3-12(14)10-20-18(23)21-13-7-8-16-15(9-13)22-17(24-16)11-5-6-11/h1-4,7-9,11H,5-6,10H2,(H2,20,21,23). The molecule has 0 spiro atoms. The van der Waals surface area contributed by atoms with Crippen LogP contribution in [-0.4, -0.2) is 11.0 Å². The summed E-state index contributed by atoms with van der Waals surface area (Å²) in [5.74, 6) is 0.874. The predicted molar refractivity (Wildman–Crippen MR) is 88.2 cm³/mol. The summed E-state index contributed by atoms with van der Waals surface area (Å²) in [5, 5.41) is 5.36. The van der Waals surface area contributed by atoms with Crippen LogP contribution in [0.2, 0.25) is 0 Å². The maximum atomic E-state index is 13.5. The normalized spacial score (nSPS) is 13.9. The smallest absolute Gasteiger partial charge is 0.319 e. The van der Waals surface area contributed by atoms with Crippen LogP contribution in [0.4, 0.5) is 14.9 Å². The van der Waals surface area contributed by atoms with Gasteiger partial charge in [-0.2, -0.15) is 0 Å². The third-order valence-electron chi connectivity index (χ3n) is 3.99. The monoisotopic (exact) mass is 325 g/mol. The lowest BCUT2D eigenvalue weighted by Gasteiger charge is -2.08. The van der Waals surface area contributed by atoms with E-state index in [1.165, 1.54) is 6.07 Å². The summed E-state index contributed by atoms with van der Waals surface area (Å²) >= 11 is 0. The summed E-state index contributed by atoms with van der Waals surface area (Å²) in [7, 11) is 0. The molecule has 1 saturated carbocycles. The first kappa shape index (κ1) is 14.7. The van der Waals surface area contributed by atoms with Gasteiger partial charge in [0.1, 0.15) is 11.3 Å². The Morgan fingerprint density at radius 3 is 2.88 bits per heavy atom. The SMILES string of the molecule is O=C(NCc1ccccc1F)Nc1ccc2oc(C3CC3)nc2c1. The highest BCUT2D eigenvalue weighted by Gasteiger charge is 2.28. The van der Waals surface area contributed by atoms with Crippen LogP contribution in [0, 0.1) is 5.82 Å². The first-order chi connectivity index (χ1) is 11.7. The zero-order valence-electron chi connectivity index (χ0n) is 12.9. The molecular formula is C18H16FN3O2. The van der Waals surface area contributed by atoms with Crippen LogP contribution in [0.1, 0.15) is 30.2 Å². The highest BCUT2D eigenvalue weighted by atomic mass is 19.1. The zero-order chi connectivity index (χ0) is 16.5. The second kappa shape index (κ2) is 5.96. The number of anilines is 1. The number of carbonyl (C=O) groups is 1. The second-order valence-electron chi connectivity index (χ2n) is 5.91. The molecule has 0 atom stereocenters.